The lowest BCUT2D eigenvalue weighted by Crippen LogP contribution is -2.45. The number of hydrogen-bond donors (Lipinski definition) is 1. The molecule has 0 aromatic rings. The van der Waals surface area contributed by atoms with Gasteiger partial charge in [0, 0.05) is 17.3 Å². The zero-order valence-electron chi connectivity index (χ0n) is 19.9. The van der Waals surface area contributed by atoms with E-state index in [4.69, 9.17) is 0 Å². The maximum Gasteiger partial charge on any atom is 0.178 e. The first-order chi connectivity index (χ1) is 14.2. The molecular formula is C27H42O3. The van der Waals surface area contributed by atoms with E-state index in [1.54, 1.807) is 25.2 Å². The summed E-state index contributed by atoms with van der Waals surface area (Å²) in [6.07, 6.45) is 12.8. The van der Waals surface area contributed by atoms with Gasteiger partial charge in [-0.3, -0.25) is 9.59 Å². The quantitative estimate of drug-likeness (QED) is 0.529. The van der Waals surface area contributed by atoms with Crippen LogP contribution in [0.15, 0.2) is 36.5 Å². The summed E-state index contributed by atoms with van der Waals surface area (Å²) < 4.78 is 0. The molecule has 0 bridgehead atoms. The summed E-state index contributed by atoms with van der Waals surface area (Å²) in [4.78, 5) is 24.1. The van der Waals surface area contributed by atoms with Crippen molar-refractivity contribution in [2.45, 2.75) is 86.2 Å². The van der Waals surface area contributed by atoms with Gasteiger partial charge >= 0.3 is 0 Å². The van der Waals surface area contributed by atoms with Gasteiger partial charge in [0.1, 0.15) is 5.78 Å². The molecule has 7 atom stereocenters. The maximum absolute atomic E-state index is 12.2. The molecule has 1 N–H and O–H groups in total. The zero-order valence-corrected chi connectivity index (χ0v) is 19.9. The molecule has 4 aliphatic rings. The van der Waals surface area contributed by atoms with E-state index in [-0.39, 0.29) is 34.2 Å². The second-order valence-electron chi connectivity index (χ2n) is 9.87. The Hall–Kier alpha value is -1.48. The summed E-state index contributed by atoms with van der Waals surface area (Å²) in [7, 11) is 0. The summed E-state index contributed by atoms with van der Waals surface area (Å²) in [5.41, 5.74) is 0.911. The first kappa shape index (κ1) is 24.8. The van der Waals surface area contributed by atoms with Crippen LogP contribution in [0.5, 0.6) is 0 Å². The summed E-state index contributed by atoms with van der Waals surface area (Å²) in [5, 5.41) is 11.3. The average Bonchev–Trinajstić information content (AvgIpc) is 2.94. The fourth-order valence-electron chi connectivity index (χ4n) is 7.01. The van der Waals surface area contributed by atoms with Crippen molar-refractivity contribution in [3.63, 3.8) is 0 Å². The monoisotopic (exact) mass is 414 g/mol. The lowest BCUT2D eigenvalue weighted by molar-refractivity contribution is -0.125. The minimum Gasteiger partial charge on any atom is -0.393 e. The molecule has 168 valence electrons. The van der Waals surface area contributed by atoms with Gasteiger partial charge in [-0.05, 0) is 81.8 Å². The third-order valence-corrected chi connectivity index (χ3v) is 8.26. The molecule has 0 aromatic heterocycles. The van der Waals surface area contributed by atoms with Gasteiger partial charge in [0.2, 0.25) is 0 Å². The number of allylic oxidation sites excluding steroid dienone is 5. The first-order valence-electron chi connectivity index (χ1n) is 11.9. The van der Waals surface area contributed by atoms with Crippen LogP contribution in [0.4, 0.5) is 0 Å². The molecule has 0 aromatic carbocycles. The van der Waals surface area contributed by atoms with Crippen molar-refractivity contribution in [2.24, 2.45) is 34.5 Å². The van der Waals surface area contributed by atoms with Crippen molar-refractivity contribution in [2.75, 3.05) is 0 Å². The van der Waals surface area contributed by atoms with Crippen LogP contribution in [0.2, 0.25) is 0 Å². The molecule has 4 aliphatic carbocycles. The van der Waals surface area contributed by atoms with Crippen LogP contribution >= 0.6 is 0 Å². The summed E-state index contributed by atoms with van der Waals surface area (Å²) in [6.45, 7) is 15.4. The average molecular weight is 415 g/mol. The van der Waals surface area contributed by atoms with Crippen molar-refractivity contribution in [3.05, 3.63) is 36.5 Å². The third-order valence-electron chi connectivity index (χ3n) is 8.26. The Labute approximate surface area is 183 Å². The largest absolute Gasteiger partial charge is 0.393 e. The SMILES string of the molecule is C=CC.CC.CC(=O)[C@H]1CCC2CC3CCC4=CC(=O)C=C[C@]4(C)C3C(O)CC21C. The van der Waals surface area contributed by atoms with Gasteiger partial charge in [-0.15, -0.1) is 6.58 Å². The van der Waals surface area contributed by atoms with Gasteiger partial charge in [-0.25, -0.2) is 0 Å². The van der Waals surface area contributed by atoms with Crippen molar-refractivity contribution in [1.82, 2.24) is 0 Å². The van der Waals surface area contributed by atoms with Crippen LogP contribution < -0.4 is 0 Å². The molecule has 3 fully saturated rings. The fraction of sp³-hybridized carbons (Fsp3) is 0.704. The van der Waals surface area contributed by atoms with Gasteiger partial charge in [-0.1, -0.05) is 45.4 Å². The Morgan fingerprint density at radius 1 is 1.23 bits per heavy atom. The number of carbonyl (C=O) groups excluding carboxylic acids is 2. The van der Waals surface area contributed by atoms with E-state index in [9.17, 15) is 14.7 Å². The highest BCUT2D eigenvalue weighted by Gasteiger charge is 2.57. The highest BCUT2D eigenvalue weighted by atomic mass is 16.3. The van der Waals surface area contributed by atoms with Gasteiger partial charge < -0.3 is 5.11 Å². The molecule has 5 unspecified atom stereocenters. The van der Waals surface area contributed by atoms with Gasteiger partial charge in [0.25, 0.3) is 0 Å². The van der Waals surface area contributed by atoms with Crippen molar-refractivity contribution in [1.29, 1.82) is 0 Å². The molecular weight excluding hydrogens is 372 g/mol. The number of aliphatic hydroxyl groups is 1. The Kier molecular flexibility index (Phi) is 8.07. The number of ketones is 2. The van der Waals surface area contributed by atoms with E-state index in [0.717, 1.165) is 32.1 Å². The molecule has 3 heteroatoms. The smallest absolute Gasteiger partial charge is 0.178 e. The van der Waals surface area contributed by atoms with Crippen molar-refractivity contribution < 1.29 is 14.7 Å². The van der Waals surface area contributed by atoms with Crippen LogP contribution in [0.25, 0.3) is 0 Å². The number of carbonyl (C=O) groups is 2. The summed E-state index contributed by atoms with van der Waals surface area (Å²) in [6, 6.07) is 0. The second-order valence-corrected chi connectivity index (χ2v) is 9.87. The number of Topliss-reactive ketones (excluding diaryl/α,β-unsaturated/α-hetero) is 1. The minimum absolute atomic E-state index is 0.0724. The Balaban J connectivity index is 0.000000590. The Bertz CT molecular complexity index is 718. The van der Waals surface area contributed by atoms with E-state index in [1.807, 2.05) is 20.8 Å². The minimum atomic E-state index is -0.411. The molecule has 0 heterocycles. The fourth-order valence-corrected chi connectivity index (χ4v) is 7.01. The number of fused-ring (bicyclic) bond motifs is 4. The van der Waals surface area contributed by atoms with Crippen LogP contribution in [-0.4, -0.2) is 22.8 Å². The number of aliphatic hydroxyl groups excluding tert-OH is 1. The lowest BCUT2D eigenvalue weighted by atomic mass is 9.56. The molecule has 0 amide bonds. The summed E-state index contributed by atoms with van der Waals surface area (Å²) in [5.74, 6) is 1.64. The Morgan fingerprint density at radius 2 is 1.87 bits per heavy atom. The molecule has 0 aliphatic heterocycles. The van der Waals surface area contributed by atoms with Gasteiger partial charge in [0.15, 0.2) is 5.78 Å². The molecule has 0 spiro atoms. The van der Waals surface area contributed by atoms with Crippen LogP contribution in [-0.2, 0) is 9.59 Å². The van der Waals surface area contributed by atoms with E-state index in [2.05, 4.69) is 26.5 Å². The molecule has 3 nitrogen and oxygen atoms in total. The maximum atomic E-state index is 12.2. The van der Waals surface area contributed by atoms with E-state index in [0.29, 0.717) is 18.3 Å². The normalized spacial score (nSPS) is 41.4. The van der Waals surface area contributed by atoms with Crippen LogP contribution in [0.3, 0.4) is 0 Å². The number of rotatable bonds is 1. The lowest BCUT2D eigenvalue weighted by Gasteiger charge is -2.49. The predicted octanol–water partition coefficient (Wildman–Crippen LogP) is 6.08. The van der Waals surface area contributed by atoms with Crippen molar-refractivity contribution >= 4 is 11.6 Å². The van der Waals surface area contributed by atoms with Crippen LogP contribution in [0.1, 0.15) is 80.1 Å². The highest BCUT2D eigenvalue weighted by molar-refractivity contribution is 6.01. The topological polar surface area (TPSA) is 54.4 Å². The van der Waals surface area contributed by atoms with Crippen LogP contribution in [0, 0.1) is 34.5 Å². The zero-order chi connectivity index (χ0) is 22.7. The standard InChI is InChI=1S/C22H30O3.C3H6.C2H6/c1-13(23)18-7-6-15-10-14-4-5-16-11-17(24)8-9-21(16,2)20(14)19(25)12-22(15,18)3;1-3-2;1-2/h8-9,11,14-15,18-20,25H,4-7,10,12H2,1-3H3;3H,1H2,2H3;1-2H3/t14?,15?,18-,19?,20?,21+,22?;;/m1../s1. The van der Waals surface area contributed by atoms with E-state index >= 15 is 0 Å². The molecule has 0 saturated heterocycles. The van der Waals surface area contributed by atoms with Crippen molar-refractivity contribution in [3.8, 4) is 0 Å². The third kappa shape index (κ3) is 4.28. The van der Waals surface area contributed by atoms with Gasteiger partial charge in [-0.2, -0.15) is 0 Å². The Morgan fingerprint density at radius 3 is 2.47 bits per heavy atom. The molecule has 4 rings (SSSR count). The molecule has 30 heavy (non-hydrogen) atoms. The number of hydrogen-bond acceptors (Lipinski definition) is 3. The molecule has 3 saturated carbocycles. The van der Waals surface area contributed by atoms with Gasteiger partial charge in [0.05, 0.1) is 6.10 Å². The molecule has 0 radical (unpaired) electrons. The first-order valence-corrected chi connectivity index (χ1v) is 11.9. The summed E-state index contributed by atoms with van der Waals surface area (Å²) >= 11 is 0. The second kappa shape index (κ2) is 9.77. The van der Waals surface area contributed by atoms with E-state index in [1.165, 1.54) is 5.57 Å². The predicted molar refractivity (Wildman–Crippen MR) is 124 cm³/mol. The van der Waals surface area contributed by atoms with E-state index < -0.39 is 6.10 Å². The highest BCUT2D eigenvalue weighted by Crippen LogP contribution is 2.62.